The summed E-state index contributed by atoms with van der Waals surface area (Å²) in [6, 6.07) is 15.8. The minimum atomic E-state index is -0.255. The topological polar surface area (TPSA) is 112 Å². The molecule has 0 fully saturated rings. The Bertz CT molecular complexity index is 1090. The van der Waals surface area contributed by atoms with Crippen LogP contribution in [-0.4, -0.2) is 24.3 Å². The van der Waals surface area contributed by atoms with E-state index in [4.69, 9.17) is 4.42 Å². The van der Waals surface area contributed by atoms with Crippen LogP contribution in [0.25, 0.3) is 0 Å². The Hall–Kier alpha value is -4.07. The third kappa shape index (κ3) is 6.46. The van der Waals surface area contributed by atoms with Gasteiger partial charge in [0.05, 0.1) is 19.4 Å². The molecule has 0 saturated heterocycles. The lowest BCUT2D eigenvalue weighted by molar-refractivity contribution is -0.116. The van der Waals surface area contributed by atoms with Gasteiger partial charge in [-0.3, -0.25) is 14.4 Å². The van der Waals surface area contributed by atoms with Gasteiger partial charge in [0.2, 0.25) is 11.8 Å². The molecule has 0 bridgehead atoms. The number of benzene rings is 2. The number of furan rings is 1. The summed E-state index contributed by atoms with van der Waals surface area (Å²) in [5, 5.41) is 11.4. The van der Waals surface area contributed by atoms with Crippen LogP contribution >= 0.6 is 0 Å². The van der Waals surface area contributed by atoms with Crippen LogP contribution in [-0.2, 0) is 16.1 Å². The number of anilines is 3. The molecular formula is C24H26N4O4. The molecule has 4 N–H and O–H groups in total. The first-order valence-corrected chi connectivity index (χ1v) is 10.3. The molecule has 0 aliphatic rings. The highest BCUT2D eigenvalue weighted by molar-refractivity contribution is 5.97. The number of aryl methyl sites for hydroxylation is 1. The zero-order valence-corrected chi connectivity index (χ0v) is 18.0. The van der Waals surface area contributed by atoms with E-state index in [1.165, 1.54) is 0 Å². The van der Waals surface area contributed by atoms with Crippen LogP contribution in [0.15, 0.2) is 65.3 Å². The summed E-state index contributed by atoms with van der Waals surface area (Å²) in [5.74, 6) is 0.0780. The Morgan fingerprint density at radius 3 is 2.50 bits per heavy atom. The molecule has 0 unspecified atom stereocenters. The van der Waals surface area contributed by atoms with Crippen molar-refractivity contribution in [2.24, 2.45) is 0 Å². The summed E-state index contributed by atoms with van der Waals surface area (Å²) in [4.78, 5) is 36.4. The molecule has 32 heavy (non-hydrogen) atoms. The number of amides is 3. The highest BCUT2D eigenvalue weighted by Crippen LogP contribution is 2.20. The molecule has 0 radical (unpaired) electrons. The van der Waals surface area contributed by atoms with Crippen LogP contribution in [0, 0.1) is 6.92 Å². The number of hydrogen-bond acceptors (Lipinski definition) is 5. The SMILES string of the molecule is CCC(=O)Nc1cc(NC(=O)CNc2cccc(C(=O)NCc3ccco3)c2)ccc1C. The number of carbonyl (C=O) groups is 3. The van der Waals surface area contributed by atoms with E-state index in [1.807, 2.05) is 13.0 Å². The van der Waals surface area contributed by atoms with Crippen LogP contribution in [0.3, 0.4) is 0 Å². The van der Waals surface area contributed by atoms with Gasteiger partial charge in [0, 0.05) is 29.0 Å². The Labute approximate surface area is 186 Å². The zero-order chi connectivity index (χ0) is 22.9. The highest BCUT2D eigenvalue weighted by atomic mass is 16.3. The number of hydrogen-bond donors (Lipinski definition) is 4. The van der Waals surface area contributed by atoms with Crippen LogP contribution in [0.4, 0.5) is 17.1 Å². The summed E-state index contributed by atoms with van der Waals surface area (Å²) >= 11 is 0. The van der Waals surface area contributed by atoms with Crippen molar-refractivity contribution in [2.75, 3.05) is 22.5 Å². The highest BCUT2D eigenvalue weighted by Gasteiger charge is 2.09. The molecule has 1 heterocycles. The van der Waals surface area contributed by atoms with Crippen LogP contribution in [0.1, 0.15) is 35.0 Å². The van der Waals surface area contributed by atoms with Crippen molar-refractivity contribution in [2.45, 2.75) is 26.8 Å². The van der Waals surface area contributed by atoms with E-state index in [9.17, 15) is 14.4 Å². The Balaban J connectivity index is 1.53. The number of rotatable bonds is 9. The van der Waals surface area contributed by atoms with Crippen molar-refractivity contribution >= 4 is 34.8 Å². The lowest BCUT2D eigenvalue weighted by atomic mass is 10.1. The van der Waals surface area contributed by atoms with Gasteiger partial charge >= 0.3 is 0 Å². The number of nitrogens with one attached hydrogen (secondary N) is 4. The molecule has 0 spiro atoms. The third-order valence-corrected chi connectivity index (χ3v) is 4.70. The van der Waals surface area contributed by atoms with Gasteiger partial charge in [-0.1, -0.05) is 19.1 Å². The summed E-state index contributed by atoms with van der Waals surface area (Å²) in [7, 11) is 0. The first kappa shape index (κ1) is 22.6. The second-order valence-electron chi connectivity index (χ2n) is 7.18. The summed E-state index contributed by atoms with van der Waals surface area (Å²) in [6.07, 6.45) is 1.93. The van der Waals surface area contributed by atoms with Gasteiger partial charge in [-0.2, -0.15) is 0 Å². The predicted octanol–water partition coefficient (Wildman–Crippen LogP) is 3.92. The van der Waals surface area contributed by atoms with E-state index < -0.39 is 0 Å². The Morgan fingerprint density at radius 2 is 1.75 bits per heavy atom. The van der Waals surface area contributed by atoms with Gasteiger partial charge in [0.15, 0.2) is 0 Å². The molecule has 1 aromatic heterocycles. The van der Waals surface area contributed by atoms with Crippen LogP contribution < -0.4 is 21.3 Å². The molecule has 0 atom stereocenters. The molecule has 3 rings (SSSR count). The molecule has 0 aliphatic carbocycles. The predicted molar refractivity (Wildman–Crippen MR) is 124 cm³/mol. The first-order chi connectivity index (χ1) is 15.4. The van der Waals surface area contributed by atoms with Gasteiger partial charge < -0.3 is 25.7 Å². The number of carbonyl (C=O) groups excluding carboxylic acids is 3. The average molecular weight is 434 g/mol. The summed E-state index contributed by atoms with van der Waals surface area (Å²) in [6.45, 7) is 3.97. The van der Waals surface area contributed by atoms with Gasteiger partial charge in [-0.15, -0.1) is 0 Å². The second-order valence-corrected chi connectivity index (χ2v) is 7.18. The van der Waals surface area contributed by atoms with Crippen LogP contribution in [0.2, 0.25) is 0 Å². The fraction of sp³-hybridized carbons (Fsp3) is 0.208. The maximum Gasteiger partial charge on any atom is 0.251 e. The van der Waals surface area contributed by atoms with Crippen molar-refractivity contribution in [3.8, 4) is 0 Å². The average Bonchev–Trinajstić information content (AvgIpc) is 3.32. The van der Waals surface area contributed by atoms with Gasteiger partial charge in [-0.25, -0.2) is 0 Å². The molecule has 8 heteroatoms. The molecule has 0 aliphatic heterocycles. The standard InChI is InChI=1S/C24H26N4O4/c1-3-22(29)28-21-13-19(10-9-16(21)2)27-23(30)15-25-18-7-4-6-17(12-18)24(31)26-14-20-8-5-11-32-20/h4-13,25H,3,14-15H2,1-2H3,(H,26,31)(H,27,30)(H,28,29). The van der Waals surface area contributed by atoms with E-state index in [-0.39, 0.29) is 24.3 Å². The smallest absolute Gasteiger partial charge is 0.251 e. The monoisotopic (exact) mass is 434 g/mol. The van der Waals surface area contributed by atoms with Gasteiger partial charge in [0.1, 0.15) is 5.76 Å². The second kappa shape index (κ2) is 10.8. The molecule has 2 aromatic carbocycles. The third-order valence-electron chi connectivity index (χ3n) is 4.70. The summed E-state index contributed by atoms with van der Waals surface area (Å²) < 4.78 is 5.20. The Morgan fingerprint density at radius 1 is 0.906 bits per heavy atom. The fourth-order valence-corrected chi connectivity index (χ4v) is 2.91. The zero-order valence-electron chi connectivity index (χ0n) is 18.0. The van der Waals surface area contributed by atoms with Crippen molar-refractivity contribution in [1.82, 2.24) is 5.32 Å². The van der Waals surface area contributed by atoms with E-state index in [1.54, 1.807) is 61.7 Å². The van der Waals surface area contributed by atoms with Crippen molar-refractivity contribution in [3.63, 3.8) is 0 Å². The van der Waals surface area contributed by atoms with E-state index in [0.717, 1.165) is 5.56 Å². The van der Waals surface area contributed by atoms with Crippen molar-refractivity contribution in [1.29, 1.82) is 0 Å². The van der Waals surface area contributed by atoms with Crippen LogP contribution in [0.5, 0.6) is 0 Å². The molecule has 166 valence electrons. The lowest BCUT2D eigenvalue weighted by Gasteiger charge is -2.12. The molecule has 8 nitrogen and oxygen atoms in total. The Kier molecular flexibility index (Phi) is 7.64. The van der Waals surface area contributed by atoms with Gasteiger partial charge in [0.25, 0.3) is 5.91 Å². The fourth-order valence-electron chi connectivity index (χ4n) is 2.91. The summed E-state index contributed by atoms with van der Waals surface area (Å²) in [5.41, 5.74) is 3.27. The first-order valence-electron chi connectivity index (χ1n) is 10.3. The van der Waals surface area contributed by atoms with Crippen molar-refractivity contribution in [3.05, 3.63) is 77.7 Å². The van der Waals surface area contributed by atoms with E-state index >= 15 is 0 Å². The lowest BCUT2D eigenvalue weighted by Crippen LogP contribution is -2.23. The van der Waals surface area contributed by atoms with Gasteiger partial charge in [-0.05, 0) is 55.0 Å². The van der Waals surface area contributed by atoms with E-state index in [0.29, 0.717) is 41.4 Å². The van der Waals surface area contributed by atoms with E-state index in [2.05, 4.69) is 21.3 Å². The van der Waals surface area contributed by atoms with Crippen molar-refractivity contribution < 1.29 is 18.8 Å². The molecule has 3 amide bonds. The molecule has 0 saturated carbocycles. The maximum atomic E-state index is 12.4. The molecule has 3 aromatic rings. The molecular weight excluding hydrogens is 408 g/mol. The largest absolute Gasteiger partial charge is 0.467 e. The maximum absolute atomic E-state index is 12.4. The minimum absolute atomic E-state index is 0.0159. The quantitative estimate of drug-likeness (QED) is 0.408. The minimum Gasteiger partial charge on any atom is -0.467 e. The normalized spacial score (nSPS) is 10.3.